The first-order chi connectivity index (χ1) is 46.3. The van der Waals surface area contributed by atoms with E-state index in [-0.39, 0.29) is 90.2 Å². The van der Waals surface area contributed by atoms with Crippen LogP contribution in [0, 0.1) is 29.6 Å². The molecule has 0 aliphatic heterocycles. The molecule has 4 atom stereocenters. The molecule has 4 amide bonds. The van der Waals surface area contributed by atoms with Crippen molar-refractivity contribution in [1.82, 2.24) is 50.1 Å². The fraction of sp³-hybridized carbons (Fsp3) is 0.377. The number of aliphatic carboxylic acids is 2. The van der Waals surface area contributed by atoms with Crippen LogP contribution in [0.2, 0.25) is 0 Å². The number of hydrogen-bond acceptors (Lipinski definition) is 18. The molecule has 99 heavy (non-hydrogen) atoms. The lowest BCUT2D eigenvalue weighted by Crippen LogP contribution is -2.47. The first-order valence-corrected chi connectivity index (χ1v) is 34.3. The Labute approximate surface area is 608 Å². The molecule has 0 aliphatic carbocycles. The summed E-state index contributed by atoms with van der Waals surface area (Å²) in [5.74, 6) is -3.03. The summed E-state index contributed by atoms with van der Waals surface area (Å²) >= 11 is 13.0. The van der Waals surface area contributed by atoms with Gasteiger partial charge in [-0.2, -0.15) is 10.2 Å². The summed E-state index contributed by atoms with van der Waals surface area (Å²) in [6, 6.07) is 33.9. The van der Waals surface area contributed by atoms with Crippen molar-refractivity contribution >= 4 is 144 Å². The molecule has 0 saturated carbocycles. The van der Waals surface area contributed by atoms with E-state index in [0.29, 0.717) is 54.6 Å². The number of benzene rings is 2. The Morgan fingerprint density at radius 3 is 1.18 bits per heavy atom. The molecule has 0 aliphatic rings. The number of nitrogens with two attached hydrogens (primary N) is 4. The van der Waals surface area contributed by atoms with E-state index < -0.39 is 53.6 Å². The Morgan fingerprint density at radius 1 is 0.495 bits per heavy atom. The van der Waals surface area contributed by atoms with Crippen LogP contribution in [-0.2, 0) is 65.9 Å². The number of carbonyl (C=O) groups excluding carboxylic acids is 7. The van der Waals surface area contributed by atoms with Crippen LogP contribution < -0.4 is 33.6 Å². The number of nitrogens with one attached hydrogen (secondary N) is 2. The molecule has 8 aromatic rings. The van der Waals surface area contributed by atoms with Crippen LogP contribution in [0.3, 0.4) is 0 Å². The number of ether oxygens (including phenoxy) is 1. The summed E-state index contributed by atoms with van der Waals surface area (Å²) in [5.41, 5.74) is 24.5. The molecule has 532 valence electrons. The molecule has 26 nitrogen and oxygen atoms in total. The van der Waals surface area contributed by atoms with Crippen LogP contribution in [0.5, 0.6) is 0 Å². The number of aromatic nitrogens is 8. The van der Waals surface area contributed by atoms with Gasteiger partial charge in [-0.25, -0.2) is 24.7 Å². The Morgan fingerprint density at radius 2 is 0.869 bits per heavy atom. The van der Waals surface area contributed by atoms with Crippen LogP contribution in [0.1, 0.15) is 121 Å². The number of ketones is 3. The van der Waals surface area contributed by atoms with Crippen molar-refractivity contribution < 1.29 is 58.1 Å². The highest BCUT2D eigenvalue weighted by Gasteiger charge is 2.29. The van der Waals surface area contributed by atoms with E-state index in [9.17, 15) is 43.2 Å². The van der Waals surface area contributed by atoms with Gasteiger partial charge in [0.05, 0.1) is 54.3 Å². The molecule has 0 bridgehead atoms. The van der Waals surface area contributed by atoms with E-state index in [1.165, 1.54) is 9.36 Å². The van der Waals surface area contributed by atoms with Crippen LogP contribution in [0.15, 0.2) is 140 Å². The second kappa shape index (κ2) is 41.0. The van der Waals surface area contributed by atoms with Crippen molar-refractivity contribution in [1.29, 1.82) is 0 Å². The predicted octanol–water partition coefficient (Wildman–Crippen LogP) is 10.7. The third-order valence-corrected chi connectivity index (χ3v) is 15.7. The summed E-state index contributed by atoms with van der Waals surface area (Å²) in [5, 5.41) is 31.7. The van der Waals surface area contributed by atoms with Crippen molar-refractivity contribution in [2.75, 3.05) is 5.73 Å². The lowest BCUT2D eigenvalue weighted by molar-refractivity contribution is -0.142. The minimum absolute atomic E-state index is 0.0350. The van der Waals surface area contributed by atoms with Gasteiger partial charge in [0.15, 0.2) is 28.7 Å². The molecular formula is C69H86Br4N14O12. The standard InChI is InChI=1S/C21H22BrN5O3.C16H23BrN2O3.C11H15BrN2O.C10H9N3O3.C6H12O2.C5H5BrN2/c1-12(2)19(16(28)10-13-6-5-9-17(22)24-13)25-18(29)11-27-15-8-4-3-7-14(15)20(26-27)21(23)30;1-10(2)14(19-15(21)22-16(3,4)5)12(20)9-11-7-6-8-13(17)18-11;1-7(2)11(13)9(15)6-8-4-3-5-10(12)14-8;11-10(16)9-6-3-1-2-4-7(6)13(12-9)5-8(14)15;1-4(2)5(3)6(7)8;6-4-2-1-3-5(7)8-4/h3-9,12,19H,10-11H2,1-2H3,(H2,23,30)(H,25,29);6-8,10,14H,9H2,1-5H3,(H,19,21);3-5,7,11H,6,13H2,1-2H3;1-4H,5H2,(H2,11,16)(H,14,15);4-5H,1-3H3,(H,7,8);1-3H,(H2,7,8)/t19-;14-;11-;;;/m111.../s1. The van der Waals surface area contributed by atoms with Gasteiger partial charge in [0.2, 0.25) is 5.91 Å². The van der Waals surface area contributed by atoms with Gasteiger partial charge in [-0.05, 0) is 169 Å². The van der Waals surface area contributed by atoms with E-state index in [2.05, 4.69) is 104 Å². The van der Waals surface area contributed by atoms with Gasteiger partial charge in [0.25, 0.3) is 11.8 Å². The molecule has 8 rings (SSSR count). The van der Waals surface area contributed by atoms with Crippen LogP contribution in [-0.4, -0.2) is 127 Å². The largest absolute Gasteiger partial charge is 0.481 e. The number of carboxylic acids is 2. The van der Waals surface area contributed by atoms with E-state index in [1.807, 2.05) is 97.9 Å². The van der Waals surface area contributed by atoms with Crippen molar-refractivity contribution in [2.45, 2.75) is 139 Å². The minimum atomic E-state index is -1.02. The van der Waals surface area contributed by atoms with Crippen LogP contribution in [0.25, 0.3) is 21.8 Å². The fourth-order valence-electron chi connectivity index (χ4n) is 8.62. The van der Waals surface area contributed by atoms with Gasteiger partial charge in [-0.3, -0.25) is 47.7 Å². The lowest BCUT2D eigenvalue weighted by Gasteiger charge is -2.25. The van der Waals surface area contributed by atoms with Crippen LogP contribution in [0.4, 0.5) is 10.6 Å². The number of amides is 4. The summed E-state index contributed by atoms with van der Waals surface area (Å²) < 4.78 is 10.7. The molecule has 6 heterocycles. The number of rotatable bonds is 22. The summed E-state index contributed by atoms with van der Waals surface area (Å²) in [7, 11) is 0. The second-order valence-electron chi connectivity index (χ2n) is 24.6. The maximum absolute atomic E-state index is 12.8. The first-order valence-electron chi connectivity index (χ1n) is 31.1. The number of alkyl carbamates (subject to hydrolysis) is 1. The molecule has 6 aromatic heterocycles. The van der Waals surface area contributed by atoms with E-state index >= 15 is 0 Å². The number of Topliss-reactive ketones (excluding diaryl/α,β-unsaturated/α-hetero) is 3. The average Bonchev–Trinajstić information content (AvgIpc) is 1.66. The zero-order valence-electron chi connectivity index (χ0n) is 57.1. The molecule has 0 saturated heterocycles. The average molecular weight is 1620 g/mol. The van der Waals surface area contributed by atoms with Crippen molar-refractivity contribution in [3.8, 4) is 0 Å². The summed E-state index contributed by atoms with van der Waals surface area (Å²) in [6.45, 7) is 21.8. The normalized spacial score (nSPS) is 12.1. The fourth-order valence-corrected chi connectivity index (χ4v) is 10.1. The van der Waals surface area contributed by atoms with Gasteiger partial charge in [0.1, 0.15) is 42.9 Å². The minimum Gasteiger partial charge on any atom is -0.481 e. The van der Waals surface area contributed by atoms with E-state index in [4.69, 9.17) is 37.9 Å². The van der Waals surface area contributed by atoms with Crippen molar-refractivity contribution in [2.24, 2.45) is 46.8 Å². The van der Waals surface area contributed by atoms with Gasteiger partial charge in [0, 0.05) is 27.9 Å². The smallest absolute Gasteiger partial charge is 0.408 e. The van der Waals surface area contributed by atoms with Gasteiger partial charge in [-0.15, -0.1) is 0 Å². The number of para-hydroxylation sites is 2. The highest BCUT2D eigenvalue weighted by atomic mass is 79.9. The number of nitrogens with zero attached hydrogens (tertiary/aromatic N) is 8. The third kappa shape index (κ3) is 30.1. The molecule has 0 spiro atoms. The predicted molar refractivity (Wildman–Crippen MR) is 392 cm³/mol. The molecule has 30 heteroatoms. The topological polar surface area (TPSA) is 419 Å². The molecule has 0 radical (unpaired) electrons. The number of primary amides is 2. The zero-order chi connectivity index (χ0) is 74.6. The van der Waals surface area contributed by atoms with Gasteiger partial charge < -0.3 is 48.5 Å². The van der Waals surface area contributed by atoms with E-state index in [1.54, 1.807) is 107 Å². The van der Waals surface area contributed by atoms with Gasteiger partial charge >= 0.3 is 18.0 Å². The first kappa shape index (κ1) is 84.5. The third-order valence-electron chi connectivity index (χ3n) is 14.0. The molecule has 2 aromatic carbocycles. The Hall–Kier alpha value is -8.71. The number of pyridine rings is 4. The molecule has 0 fully saturated rings. The summed E-state index contributed by atoms with van der Waals surface area (Å²) in [6.07, 6.45) is -0.00238. The monoisotopic (exact) mass is 1620 g/mol. The molecule has 1 unspecified atom stereocenters. The molecular weight excluding hydrogens is 1540 g/mol. The highest BCUT2D eigenvalue weighted by Crippen LogP contribution is 2.21. The zero-order valence-corrected chi connectivity index (χ0v) is 63.4. The Kier molecular flexibility index (Phi) is 35.0. The SMILES string of the molecule is CC(C)C(C)C(=O)O.CC(C)[C@@H](N)C(=O)Cc1cccc(Br)n1.CC(C)[C@@H](NC(=O)Cn1nc(C(N)=O)c2ccccc21)C(=O)Cc1cccc(Br)n1.CC(C)[C@@H](NC(=O)OC(C)(C)C)C(=O)Cc1cccc(Br)n1.NC(=O)c1nn(CC(=O)O)c2ccccc12.Nc1cccc(Br)n1. The number of carboxylic acid groups (broad SMARTS) is 2. The number of halogens is 4. The van der Waals surface area contributed by atoms with E-state index in [0.717, 1.165) is 14.9 Å². The van der Waals surface area contributed by atoms with Gasteiger partial charge in [-0.1, -0.05) is 123 Å². The second-order valence-corrected chi connectivity index (χ2v) is 27.9. The Balaban J connectivity index is 0.000000328. The van der Waals surface area contributed by atoms with Crippen molar-refractivity contribution in [3.63, 3.8) is 0 Å². The maximum Gasteiger partial charge on any atom is 0.408 e. The number of fused-ring (bicyclic) bond motifs is 2. The van der Waals surface area contributed by atoms with Crippen LogP contribution >= 0.6 is 63.7 Å². The van der Waals surface area contributed by atoms with Crippen molar-refractivity contribution in [3.05, 3.63) is 168 Å². The summed E-state index contributed by atoms with van der Waals surface area (Å²) in [4.78, 5) is 122. The lowest BCUT2D eigenvalue weighted by atomic mass is 9.96. The quantitative estimate of drug-likeness (QED) is 0.0292. The number of hydrogen-bond donors (Lipinski definition) is 8. The number of carbonyl (C=O) groups is 9. The molecule has 12 N–H and O–H groups in total. The highest BCUT2D eigenvalue weighted by molar-refractivity contribution is 9.11. The maximum atomic E-state index is 12.8. The number of anilines is 1. The number of nitrogen functional groups attached to an aromatic ring is 1. The Bertz CT molecular complexity index is 4050.